The molecule has 0 saturated carbocycles. The Kier molecular flexibility index (Phi) is 6.18. The van der Waals surface area contributed by atoms with Crippen molar-refractivity contribution in [3.05, 3.63) is 16.0 Å². The van der Waals surface area contributed by atoms with Crippen LogP contribution < -0.4 is 10.2 Å². The molecule has 1 aromatic heterocycles. The van der Waals surface area contributed by atoms with Crippen molar-refractivity contribution in [3.63, 3.8) is 0 Å². The van der Waals surface area contributed by atoms with E-state index in [-0.39, 0.29) is 11.9 Å². The number of nitrogens with one attached hydrogen (secondary N) is 2. The molecule has 1 saturated heterocycles. The summed E-state index contributed by atoms with van der Waals surface area (Å²) in [6, 6.07) is 0. The Hall–Kier alpha value is -1.40. The zero-order valence-corrected chi connectivity index (χ0v) is 15.3. The number of anilines is 1. The molecule has 1 amide bonds. The number of hydrogen-bond donors (Lipinski definition) is 2. The highest BCUT2D eigenvalue weighted by Crippen LogP contribution is 2.32. The molecule has 1 aromatic rings. The van der Waals surface area contributed by atoms with E-state index in [4.69, 9.17) is 4.74 Å². The number of carbonyl (C=O) groups excluding carboxylic acids is 2. The highest BCUT2D eigenvalue weighted by Gasteiger charge is 2.25. The van der Waals surface area contributed by atoms with Crippen LogP contribution in [0.3, 0.4) is 0 Å². The first kappa shape index (κ1) is 17.9. The SMILES string of the molecule is CCOC(=O)c1c(NC(=O)C[NH+]2CCC(C)CC2)sc(C)c1C. The average molecular weight is 339 g/mol. The molecular weight excluding hydrogens is 312 g/mol. The number of ether oxygens (including phenoxy) is 1. The molecule has 5 nitrogen and oxygen atoms in total. The molecule has 0 spiro atoms. The van der Waals surface area contributed by atoms with E-state index >= 15 is 0 Å². The van der Waals surface area contributed by atoms with Crippen molar-refractivity contribution >= 4 is 28.2 Å². The van der Waals surface area contributed by atoms with E-state index in [1.54, 1.807) is 6.92 Å². The Morgan fingerprint density at radius 2 is 1.96 bits per heavy atom. The molecule has 0 bridgehead atoms. The first-order valence-electron chi connectivity index (χ1n) is 8.32. The largest absolute Gasteiger partial charge is 0.462 e. The van der Waals surface area contributed by atoms with Crippen LogP contribution in [-0.2, 0) is 9.53 Å². The molecule has 0 atom stereocenters. The van der Waals surface area contributed by atoms with Gasteiger partial charge in [-0.05, 0) is 45.1 Å². The third-order valence-corrected chi connectivity index (χ3v) is 5.63. The number of amides is 1. The maximum atomic E-state index is 12.3. The monoisotopic (exact) mass is 339 g/mol. The van der Waals surface area contributed by atoms with E-state index in [9.17, 15) is 9.59 Å². The van der Waals surface area contributed by atoms with Gasteiger partial charge in [-0.3, -0.25) is 4.79 Å². The summed E-state index contributed by atoms with van der Waals surface area (Å²) in [4.78, 5) is 26.8. The summed E-state index contributed by atoms with van der Waals surface area (Å²) >= 11 is 1.44. The van der Waals surface area contributed by atoms with Gasteiger partial charge in [-0.15, -0.1) is 11.3 Å². The fraction of sp³-hybridized carbons (Fsp3) is 0.647. The second-order valence-corrected chi connectivity index (χ2v) is 7.59. The minimum absolute atomic E-state index is 0.0265. The number of esters is 1. The highest BCUT2D eigenvalue weighted by atomic mass is 32.1. The minimum atomic E-state index is -0.358. The minimum Gasteiger partial charge on any atom is -0.462 e. The first-order chi connectivity index (χ1) is 10.9. The molecule has 2 rings (SSSR count). The lowest BCUT2D eigenvalue weighted by molar-refractivity contribution is -0.897. The van der Waals surface area contributed by atoms with Crippen LogP contribution in [0.4, 0.5) is 5.00 Å². The van der Waals surface area contributed by atoms with Gasteiger partial charge in [-0.1, -0.05) is 6.92 Å². The Morgan fingerprint density at radius 1 is 1.30 bits per heavy atom. The van der Waals surface area contributed by atoms with Gasteiger partial charge in [0.15, 0.2) is 6.54 Å². The van der Waals surface area contributed by atoms with Crippen molar-refractivity contribution < 1.29 is 19.2 Å². The average Bonchev–Trinajstić information content (AvgIpc) is 2.76. The molecule has 2 heterocycles. The maximum absolute atomic E-state index is 12.3. The molecule has 6 heteroatoms. The molecule has 1 aliphatic rings. The summed E-state index contributed by atoms with van der Waals surface area (Å²) in [5.41, 5.74) is 1.40. The standard InChI is InChI=1S/C17H26N2O3S/c1-5-22-17(21)15-12(3)13(4)23-16(15)18-14(20)10-19-8-6-11(2)7-9-19/h11H,5-10H2,1-4H3,(H,18,20)/p+1. The van der Waals surface area contributed by atoms with E-state index in [1.165, 1.54) is 29.1 Å². The van der Waals surface area contributed by atoms with Crippen molar-refractivity contribution in [2.24, 2.45) is 5.92 Å². The lowest BCUT2D eigenvalue weighted by atomic mass is 9.99. The van der Waals surface area contributed by atoms with Crippen LogP contribution in [0.5, 0.6) is 0 Å². The van der Waals surface area contributed by atoms with E-state index < -0.39 is 0 Å². The van der Waals surface area contributed by atoms with Gasteiger partial charge in [-0.2, -0.15) is 0 Å². The zero-order valence-electron chi connectivity index (χ0n) is 14.5. The van der Waals surface area contributed by atoms with Gasteiger partial charge in [0.1, 0.15) is 5.00 Å². The fourth-order valence-corrected chi connectivity index (χ4v) is 3.97. The molecule has 0 unspecified atom stereocenters. The van der Waals surface area contributed by atoms with E-state index in [0.29, 0.717) is 23.7 Å². The number of quaternary nitrogens is 1. The van der Waals surface area contributed by atoms with Crippen LogP contribution in [0, 0.1) is 19.8 Å². The number of carbonyl (C=O) groups is 2. The summed E-state index contributed by atoms with van der Waals surface area (Å²) in [7, 11) is 0. The highest BCUT2D eigenvalue weighted by molar-refractivity contribution is 7.16. The van der Waals surface area contributed by atoms with Crippen molar-refractivity contribution in [1.82, 2.24) is 0 Å². The number of likely N-dealkylation sites (tertiary alicyclic amines) is 1. The molecule has 1 aliphatic heterocycles. The van der Waals surface area contributed by atoms with Gasteiger partial charge >= 0.3 is 5.97 Å². The number of rotatable bonds is 5. The summed E-state index contributed by atoms with van der Waals surface area (Å²) in [5, 5.41) is 3.55. The van der Waals surface area contributed by atoms with Crippen LogP contribution in [-0.4, -0.2) is 38.1 Å². The van der Waals surface area contributed by atoms with Gasteiger partial charge in [0, 0.05) is 4.88 Å². The molecule has 23 heavy (non-hydrogen) atoms. The molecule has 2 N–H and O–H groups in total. The molecule has 0 aliphatic carbocycles. The number of piperidine rings is 1. The van der Waals surface area contributed by atoms with Gasteiger partial charge in [0.2, 0.25) is 0 Å². The van der Waals surface area contributed by atoms with Crippen molar-refractivity contribution in [3.8, 4) is 0 Å². The third-order valence-electron chi connectivity index (χ3n) is 4.51. The first-order valence-corrected chi connectivity index (χ1v) is 9.14. The van der Waals surface area contributed by atoms with Crippen molar-refractivity contribution in [2.75, 3.05) is 31.6 Å². The number of thiophene rings is 1. The van der Waals surface area contributed by atoms with Crippen LogP contribution in [0.2, 0.25) is 0 Å². The van der Waals surface area contributed by atoms with Crippen LogP contribution in [0.1, 0.15) is 47.5 Å². The van der Waals surface area contributed by atoms with Crippen LogP contribution in [0.15, 0.2) is 0 Å². The van der Waals surface area contributed by atoms with Gasteiger partial charge < -0.3 is 15.0 Å². The Labute approximate surface area is 142 Å². The molecule has 0 radical (unpaired) electrons. The fourth-order valence-electron chi connectivity index (χ4n) is 2.91. The molecule has 1 fully saturated rings. The second kappa shape index (κ2) is 7.93. The Balaban J connectivity index is 2.03. The van der Waals surface area contributed by atoms with Gasteiger partial charge in [-0.25, -0.2) is 4.79 Å². The molecular formula is C17H27N2O3S+. The second-order valence-electron chi connectivity index (χ2n) is 6.37. The zero-order chi connectivity index (χ0) is 17.0. The Morgan fingerprint density at radius 3 is 2.57 bits per heavy atom. The summed E-state index contributed by atoms with van der Waals surface area (Å²) in [6.07, 6.45) is 2.35. The lowest BCUT2D eigenvalue weighted by Crippen LogP contribution is -3.14. The van der Waals surface area contributed by atoms with Crippen molar-refractivity contribution in [2.45, 2.75) is 40.5 Å². The maximum Gasteiger partial charge on any atom is 0.341 e. The summed E-state index contributed by atoms with van der Waals surface area (Å²) in [5.74, 6) is 0.380. The topological polar surface area (TPSA) is 59.8 Å². The number of hydrogen-bond acceptors (Lipinski definition) is 4. The van der Waals surface area contributed by atoms with Gasteiger partial charge in [0.25, 0.3) is 5.91 Å². The predicted octanol–water partition coefficient (Wildman–Crippen LogP) is 1.79. The Bertz CT molecular complexity index is 575. The quantitative estimate of drug-likeness (QED) is 0.804. The van der Waals surface area contributed by atoms with E-state index in [0.717, 1.165) is 29.4 Å². The van der Waals surface area contributed by atoms with Crippen molar-refractivity contribution in [1.29, 1.82) is 0 Å². The summed E-state index contributed by atoms with van der Waals surface area (Å²) < 4.78 is 5.12. The molecule has 0 aromatic carbocycles. The third kappa shape index (κ3) is 4.54. The van der Waals surface area contributed by atoms with Crippen LogP contribution in [0.25, 0.3) is 0 Å². The van der Waals surface area contributed by atoms with E-state index in [2.05, 4.69) is 12.2 Å². The predicted molar refractivity (Wildman–Crippen MR) is 92.3 cm³/mol. The van der Waals surface area contributed by atoms with Gasteiger partial charge in [0.05, 0.1) is 25.3 Å². The van der Waals surface area contributed by atoms with E-state index in [1.807, 2.05) is 13.8 Å². The summed E-state index contributed by atoms with van der Waals surface area (Å²) in [6.45, 7) is 10.8. The smallest absolute Gasteiger partial charge is 0.341 e. The normalized spacial score (nSPS) is 21.0. The number of aryl methyl sites for hydroxylation is 1. The lowest BCUT2D eigenvalue weighted by Gasteiger charge is -2.26. The molecule has 128 valence electrons. The van der Waals surface area contributed by atoms with Crippen LogP contribution >= 0.6 is 11.3 Å².